The predicted molar refractivity (Wildman–Crippen MR) is 98.5 cm³/mol. The molecule has 2 aromatic carbocycles. The topological polar surface area (TPSA) is 76.4 Å². The number of ether oxygens (including phenoxy) is 1. The van der Waals surface area contributed by atoms with E-state index in [9.17, 15) is 0 Å². The third-order valence-corrected chi connectivity index (χ3v) is 4.01. The molecule has 0 bridgehead atoms. The summed E-state index contributed by atoms with van der Waals surface area (Å²) in [5, 5.41) is 12.9. The molecule has 3 aromatic rings. The van der Waals surface area contributed by atoms with E-state index >= 15 is 0 Å². The van der Waals surface area contributed by atoms with E-state index in [0.29, 0.717) is 13.1 Å². The zero-order valence-corrected chi connectivity index (χ0v) is 14.7. The van der Waals surface area contributed by atoms with Crippen molar-refractivity contribution >= 4 is 16.7 Å². The minimum atomic E-state index is 0.563. The van der Waals surface area contributed by atoms with Crippen LogP contribution in [-0.4, -0.2) is 34.9 Å². The molecule has 130 valence electrons. The highest BCUT2D eigenvalue weighted by molar-refractivity contribution is 5.85. The monoisotopic (exact) mass is 338 g/mol. The average molecular weight is 338 g/mol. The Morgan fingerprint density at radius 2 is 1.88 bits per heavy atom. The molecular formula is C18H22N6O. The van der Waals surface area contributed by atoms with Crippen LogP contribution in [0.4, 0.5) is 0 Å². The first kappa shape index (κ1) is 16.8. The molecule has 3 rings (SSSR count). The fourth-order valence-electron chi connectivity index (χ4n) is 2.56. The van der Waals surface area contributed by atoms with E-state index in [1.54, 1.807) is 18.8 Å². The summed E-state index contributed by atoms with van der Waals surface area (Å²) in [7, 11) is 5.29. The van der Waals surface area contributed by atoms with E-state index < -0.39 is 0 Å². The Morgan fingerprint density at radius 3 is 2.60 bits per heavy atom. The number of methoxy groups -OCH3 is 1. The lowest BCUT2D eigenvalue weighted by Crippen LogP contribution is -2.36. The number of hydrogen-bond donors (Lipinski definition) is 2. The summed E-state index contributed by atoms with van der Waals surface area (Å²) >= 11 is 0. The molecular weight excluding hydrogens is 316 g/mol. The average Bonchev–Trinajstić information content (AvgIpc) is 3.06. The minimum absolute atomic E-state index is 0.563. The Kier molecular flexibility index (Phi) is 5.13. The number of fused-ring (bicyclic) bond motifs is 1. The number of guanidine groups is 1. The fourth-order valence-corrected chi connectivity index (χ4v) is 2.56. The van der Waals surface area contributed by atoms with Gasteiger partial charge in [-0.05, 0) is 34.5 Å². The molecule has 0 aliphatic heterocycles. The van der Waals surface area contributed by atoms with Gasteiger partial charge in [0.25, 0.3) is 0 Å². The van der Waals surface area contributed by atoms with Gasteiger partial charge in [-0.2, -0.15) is 5.10 Å². The smallest absolute Gasteiger partial charge is 0.191 e. The van der Waals surface area contributed by atoms with Crippen LogP contribution in [0.3, 0.4) is 0 Å². The van der Waals surface area contributed by atoms with E-state index in [1.165, 1.54) is 17.3 Å². The predicted octanol–water partition coefficient (Wildman–Crippen LogP) is 1.84. The van der Waals surface area contributed by atoms with Crippen molar-refractivity contribution in [3.8, 4) is 5.75 Å². The maximum atomic E-state index is 5.26. The van der Waals surface area contributed by atoms with Crippen LogP contribution in [0.25, 0.3) is 10.8 Å². The minimum Gasteiger partial charge on any atom is -0.497 e. The van der Waals surface area contributed by atoms with Crippen molar-refractivity contribution in [2.45, 2.75) is 13.1 Å². The molecule has 0 radical (unpaired) electrons. The van der Waals surface area contributed by atoms with Gasteiger partial charge in [-0.15, -0.1) is 0 Å². The van der Waals surface area contributed by atoms with Crippen LogP contribution < -0.4 is 15.4 Å². The molecule has 0 saturated carbocycles. The second kappa shape index (κ2) is 7.65. The van der Waals surface area contributed by atoms with Crippen molar-refractivity contribution in [2.24, 2.45) is 12.0 Å². The molecule has 0 aliphatic rings. The van der Waals surface area contributed by atoms with Crippen molar-refractivity contribution in [3.05, 3.63) is 54.1 Å². The fraction of sp³-hybridized carbons (Fsp3) is 0.278. The van der Waals surface area contributed by atoms with E-state index in [2.05, 4.69) is 50.0 Å². The van der Waals surface area contributed by atoms with Gasteiger partial charge in [0.05, 0.1) is 13.7 Å². The molecule has 0 atom stereocenters. The summed E-state index contributed by atoms with van der Waals surface area (Å²) in [6.45, 7) is 1.24. The second-order valence-corrected chi connectivity index (χ2v) is 5.63. The number of aliphatic imine (C=N–C) groups is 1. The quantitative estimate of drug-likeness (QED) is 0.548. The molecule has 25 heavy (non-hydrogen) atoms. The van der Waals surface area contributed by atoms with E-state index in [4.69, 9.17) is 4.74 Å². The normalized spacial score (nSPS) is 11.6. The lowest BCUT2D eigenvalue weighted by molar-refractivity contribution is 0.415. The lowest BCUT2D eigenvalue weighted by atomic mass is 10.1. The lowest BCUT2D eigenvalue weighted by Gasteiger charge is -2.12. The Labute approximate surface area is 146 Å². The second-order valence-electron chi connectivity index (χ2n) is 5.63. The first-order chi connectivity index (χ1) is 12.2. The summed E-state index contributed by atoms with van der Waals surface area (Å²) in [6, 6.07) is 12.4. The number of aryl methyl sites for hydroxylation is 1. The number of aromatic nitrogens is 3. The number of hydrogen-bond acceptors (Lipinski definition) is 4. The highest BCUT2D eigenvalue weighted by Crippen LogP contribution is 2.21. The number of nitrogens with one attached hydrogen (secondary N) is 2. The SMILES string of the molecule is CN=C(NCc1ccc2cc(OC)ccc2c1)NCc1ncnn1C. The zero-order chi connectivity index (χ0) is 17.6. The van der Waals surface area contributed by atoms with Gasteiger partial charge in [0.2, 0.25) is 0 Å². The third-order valence-electron chi connectivity index (χ3n) is 4.01. The number of benzene rings is 2. The first-order valence-corrected chi connectivity index (χ1v) is 8.03. The summed E-state index contributed by atoms with van der Waals surface area (Å²) in [6.07, 6.45) is 1.54. The van der Waals surface area contributed by atoms with Gasteiger partial charge in [-0.3, -0.25) is 9.67 Å². The van der Waals surface area contributed by atoms with Gasteiger partial charge in [-0.1, -0.05) is 18.2 Å². The molecule has 0 amide bonds. The van der Waals surface area contributed by atoms with Crippen LogP contribution in [0.2, 0.25) is 0 Å². The summed E-state index contributed by atoms with van der Waals surface area (Å²) in [5.74, 6) is 2.44. The van der Waals surface area contributed by atoms with Crippen LogP contribution in [0.15, 0.2) is 47.7 Å². The van der Waals surface area contributed by atoms with Crippen LogP contribution in [0.1, 0.15) is 11.4 Å². The Hall–Kier alpha value is -3.09. The molecule has 1 aromatic heterocycles. The summed E-state index contributed by atoms with van der Waals surface area (Å²) in [5.41, 5.74) is 1.18. The van der Waals surface area contributed by atoms with E-state index in [0.717, 1.165) is 22.9 Å². The summed E-state index contributed by atoms with van der Waals surface area (Å²) in [4.78, 5) is 8.42. The molecule has 0 aliphatic carbocycles. The maximum Gasteiger partial charge on any atom is 0.191 e. The Bertz CT molecular complexity index is 886. The van der Waals surface area contributed by atoms with Crippen molar-refractivity contribution < 1.29 is 4.74 Å². The largest absolute Gasteiger partial charge is 0.497 e. The van der Waals surface area contributed by atoms with E-state index in [1.807, 2.05) is 19.2 Å². The summed E-state index contributed by atoms with van der Waals surface area (Å²) < 4.78 is 7.00. The first-order valence-electron chi connectivity index (χ1n) is 8.03. The number of nitrogens with zero attached hydrogens (tertiary/aromatic N) is 4. The molecule has 0 saturated heterocycles. The van der Waals surface area contributed by atoms with Crippen molar-refractivity contribution in [3.63, 3.8) is 0 Å². The highest BCUT2D eigenvalue weighted by Gasteiger charge is 2.04. The van der Waals surface area contributed by atoms with Crippen molar-refractivity contribution in [2.75, 3.05) is 14.2 Å². The van der Waals surface area contributed by atoms with Crippen molar-refractivity contribution in [1.29, 1.82) is 0 Å². The van der Waals surface area contributed by atoms with Gasteiger partial charge in [-0.25, -0.2) is 4.98 Å². The van der Waals surface area contributed by atoms with Gasteiger partial charge in [0.15, 0.2) is 5.96 Å². The van der Waals surface area contributed by atoms with Crippen LogP contribution in [-0.2, 0) is 20.1 Å². The van der Waals surface area contributed by atoms with Crippen LogP contribution >= 0.6 is 0 Å². The van der Waals surface area contributed by atoms with Gasteiger partial charge in [0, 0.05) is 20.6 Å². The van der Waals surface area contributed by atoms with Gasteiger partial charge >= 0.3 is 0 Å². The van der Waals surface area contributed by atoms with Gasteiger partial charge in [0.1, 0.15) is 17.9 Å². The standard InChI is InChI=1S/C18H22N6O/c1-19-18(21-11-17-22-12-23-24(17)2)20-10-13-4-5-15-9-16(25-3)7-6-14(15)8-13/h4-9,12H,10-11H2,1-3H3,(H2,19,20,21). The molecule has 1 heterocycles. The molecule has 7 heteroatoms. The molecule has 0 fully saturated rings. The maximum absolute atomic E-state index is 5.26. The zero-order valence-electron chi connectivity index (χ0n) is 14.7. The molecule has 0 unspecified atom stereocenters. The Morgan fingerprint density at radius 1 is 1.12 bits per heavy atom. The van der Waals surface area contributed by atoms with Crippen molar-refractivity contribution in [1.82, 2.24) is 25.4 Å². The van der Waals surface area contributed by atoms with Crippen LogP contribution in [0.5, 0.6) is 5.75 Å². The number of rotatable bonds is 5. The Balaban J connectivity index is 1.61. The van der Waals surface area contributed by atoms with Gasteiger partial charge < -0.3 is 15.4 Å². The van der Waals surface area contributed by atoms with E-state index in [-0.39, 0.29) is 0 Å². The van der Waals surface area contributed by atoms with Crippen LogP contribution in [0, 0.1) is 0 Å². The third kappa shape index (κ3) is 4.06. The molecule has 7 nitrogen and oxygen atoms in total. The molecule has 2 N–H and O–H groups in total. The molecule has 0 spiro atoms. The highest BCUT2D eigenvalue weighted by atomic mass is 16.5.